The fraction of sp³-hybridized carbons (Fsp3) is 0.440. The largest absolute Gasteiger partial charge is 0.493 e. The maximum absolute atomic E-state index is 14.1. The van der Waals surface area contributed by atoms with E-state index in [9.17, 15) is 29.1 Å². The second-order valence-corrected chi connectivity index (χ2v) is 18.0. The maximum Gasteiger partial charge on any atom is 0.416 e. The maximum atomic E-state index is 14.1. The highest BCUT2D eigenvalue weighted by Crippen LogP contribution is 2.42. The number of Topliss-reactive ketones (excluding diaryl/α,β-unsaturated/α-hetero) is 2. The van der Waals surface area contributed by atoms with Gasteiger partial charge >= 0.3 is 6.09 Å². The molecule has 0 saturated heterocycles. The number of methoxy groups -OCH3 is 1. The van der Waals surface area contributed by atoms with Crippen LogP contribution in [0.3, 0.4) is 0 Å². The van der Waals surface area contributed by atoms with Crippen molar-refractivity contribution >= 4 is 47.1 Å². The van der Waals surface area contributed by atoms with Crippen molar-refractivity contribution in [1.29, 1.82) is 0 Å². The third-order valence-corrected chi connectivity index (χ3v) is 12.5. The number of ether oxygens (including phenoxy) is 4. The van der Waals surface area contributed by atoms with Crippen LogP contribution in [0.2, 0.25) is 0 Å². The monoisotopic (exact) mass is 919 g/mol. The second kappa shape index (κ2) is 21.1. The van der Waals surface area contributed by atoms with Crippen molar-refractivity contribution in [3.05, 3.63) is 99.9 Å². The first-order valence-electron chi connectivity index (χ1n) is 22.8. The molecule has 0 aliphatic carbocycles. The van der Waals surface area contributed by atoms with E-state index in [1.165, 1.54) is 24.1 Å². The first-order valence-corrected chi connectivity index (χ1v) is 22.8. The minimum Gasteiger partial charge on any atom is -0.493 e. The lowest BCUT2D eigenvalue weighted by Gasteiger charge is -2.31. The molecule has 67 heavy (non-hydrogen) atoms. The standard InChI is InChI=1S/C50H61N7O10/c1-28(2)44(54-51)46(59)45(58)32(6)52-23-33-11-13-34(14-12-33)27-67-50(63)57-39-22-43(42(64-7)20-37(39)48(61)56-26-30(4)18-40(56)49(57)62)66-16-10-8-9-15-65-41-21-38-36(19-31(41)5)47(60)55-25-29(3)17-35(55)24-53-38/h11-14,19-22,24-26,28,32,35,40,44,49,52,54,62H,8-10,15-18,23,27,51H2,1-7H3/t32?,35-,40-,44-,49-/m0/s1. The van der Waals surface area contributed by atoms with Gasteiger partial charge in [0.25, 0.3) is 11.8 Å². The number of nitrogens with zero attached hydrogens (tertiary/aromatic N) is 4. The fourth-order valence-electron chi connectivity index (χ4n) is 8.70. The van der Waals surface area contributed by atoms with Crippen LogP contribution in [0.1, 0.15) is 104 Å². The molecule has 1 unspecified atom stereocenters. The molecule has 4 heterocycles. The number of nitrogens with one attached hydrogen (secondary N) is 2. The third-order valence-electron chi connectivity index (χ3n) is 12.5. The van der Waals surface area contributed by atoms with E-state index in [4.69, 9.17) is 24.8 Å². The van der Waals surface area contributed by atoms with Gasteiger partial charge in [0.15, 0.2) is 17.7 Å². The normalized spacial score (nSPS) is 19.4. The molecular formula is C50H61N7O10. The first kappa shape index (κ1) is 48.5. The Balaban J connectivity index is 0.963. The molecule has 356 valence electrons. The summed E-state index contributed by atoms with van der Waals surface area (Å²) in [5, 5.41) is 14.9. The van der Waals surface area contributed by atoms with Crippen molar-refractivity contribution < 1.29 is 48.0 Å². The number of nitrogens with two attached hydrogens (primary N) is 1. The number of aryl methyl sites for hydroxylation is 1. The summed E-state index contributed by atoms with van der Waals surface area (Å²) in [5.41, 5.74) is 8.17. The Morgan fingerprint density at radius 1 is 0.821 bits per heavy atom. The molecule has 3 aromatic carbocycles. The van der Waals surface area contributed by atoms with Crippen molar-refractivity contribution in [1.82, 2.24) is 20.5 Å². The van der Waals surface area contributed by atoms with E-state index >= 15 is 0 Å². The molecule has 0 radical (unpaired) electrons. The first-order chi connectivity index (χ1) is 32.1. The molecule has 7 rings (SSSR count). The number of unbranched alkanes of at least 4 members (excludes halogenated alkanes) is 2. The summed E-state index contributed by atoms with van der Waals surface area (Å²) >= 11 is 0. The zero-order valence-corrected chi connectivity index (χ0v) is 39.2. The number of anilines is 1. The SMILES string of the molecule is COc1cc2c(cc1OCCCCCOc1cc3c(cc1C)C(=O)N1C=C(C)C[C@H]1C=N3)N(C(=O)OCc1ccc(CNC(C)C(=O)C(=O)[C@@H](NN)C(C)C)cc1)[C@@H](O)[C@@H]1CC(C)=CN1C2=O. The Labute approximate surface area is 390 Å². The predicted molar refractivity (Wildman–Crippen MR) is 251 cm³/mol. The average molecular weight is 920 g/mol. The number of rotatable bonds is 19. The van der Waals surface area contributed by atoms with Crippen LogP contribution in [0.4, 0.5) is 16.2 Å². The fourth-order valence-corrected chi connectivity index (χ4v) is 8.70. The number of benzene rings is 3. The number of amides is 3. The van der Waals surface area contributed by atoms with Crippen LogP contribution in [0.5, 0.6) is 17.2 Å². The number of hydrogen-bond acceptors (Lipinski definition) is 14. The van der Waals surface area contributed by atoms with E-state index in [1.807, 2.05) is 57.5 Å². The van der Waals surface area contributed by atoms with Gasteiger partial charge < -0.3 is 39.2 Å². The molecule has 0 spiro atoms. The highest BCUT2D eigenvalue weighted by Gasteiger charge is 2.45. The molecule has 0 saturated carbocycles. The summed E-state index contributed by atoms with van der Waals surface area (Å²) in [5.74, 6) is 4.96. The Hall–Kier alpha value is -6.40. The molecule has 17 nitrogen and oxygen atoms in total. The Kier molecular flexibility index (Phi) is 15.2. The van der Waals surface area contributed by atoms with E-state index in [2.05, 4.69) is 15.7 Å². The van der Waals surface area contributed by atoms with Crippen LogP contribution in [0.25, 0.3) is 0 Å². The smallest absolute Gasteiger partial charge is 0.416 e. The summed E-state index contributed by atoms with van der Waals surface area (Å²) in [6, 6.07) is 11.6. The molecule has 17 heteroatoms. The molecule has 5 atom stereocenters. The van der Waals surface area contributed by atoms with Gasteiger partial charge in [0.2, 0.25) is 11.6 Å². The minimum absolute atomic E-state index is 0.0667. The van der Waals surface area contributed by atoms with Crippen LogP contribution in [0, 0.1) is 12.8 Å². The number of hydrazine groups is 1. The van der Waals surface area contributed by atoms with Gasteiger partial charge in [-0.25, -0.2) is 15.1 Å². The summed E-state index contributed by atoms with van der Waals surface area (Å²) in [4.78, 5) is 75.7. The van der Waals surface area contributed by atoms with E-state index in [1.54, 1.807) is 44.0 Å². The van der Waals surface area contributed by atoms with Crippen molar-refractivity contribution in [3.8, 4) is 17.2 Å². The minimum atomic E-state index is -1.46. The molecule has 3 aromatic rings. The van der Waals surface area contributed by atoms with Gasteiger partial charge in [-0.2, -0.15) is 0 Å². The third kappa shape index (κ3) is 10.6. The molecule has 5 N–H and O–H groups in total. The quantitative estimate of drug-likeness (QED) is 0.0459. The van der Waals surface area contributed by atoms with Crippen LogP contribution in [-0.4, -0.2) is 101 Å². The summed E-state index contributed by atoms with van der Waals surface area (Å²) in [7, 11) is 1.47. The molecular weight excluding hydrogens is 859 g/mol. The van der Waals surface area contributed by atoms with E-state index in [0.29, 0.717) is 48.6 Å². The number of aliphatic hydroxyl groups is 1. The van der Waals surface area contributed by atoms with E-state index in [0.717, 1.165) is 46.4 Å². The molecule has 3 amide bonds. The van der Waals surface area contributed by atoms with Gasteiger partial charge in [0.05, 0.1) is 67.0 Å². The number of aliphatic imine (C=N–C) groups is 1. The van der Waals surface area contributed by atoms with Crippen molar-refractivity contribution in [2.75, 3.05) is 25.2 Å². The number of fused-ring (bicyclic) bond motifs is 4. The van der Waals surface area contributed by atoms with Gasteiger partial charge in [0.1, 0.15) is 12.4 Å². The van der Waals surface area contributed by atoms with E-state index in [-0.39, 0.29) is 53.8 Å². The Morgan fingerprint density at radius 2 is 1.48 bits per heavy atom. The Morgan fingerprint density at radius 3 is 2.16 bits per heavy atom. The lowest BCUT2D eigenvalue weighted by atomic mass is 9.95. The van der Waals surface area contributed by atoms with Gasteiger partial charge in [-0.1, -0.05) is 49.3 Å². The van der Waals surface area contributed by atoms with Crippen molar-refractivity contribution in [2.45, 2.75) is 117 Å². The summed E-state index contributed by atoms with van der Waals surface area (Å²) < 4.78 is 23.8. The topological polar surface area (TPSA) is 215 Å². The second-order valence-electron chi connectivity index (χ2n) is 18.0. The number of aliphatic hydroxyl groups excluding tert-OH is 1. The zero-order chi connectivity index (χ0) is 48.1. The van der Waals surface area contributed by atoms with Gasteiger partial charge in [0, 0.05) is 37.3 Å². The molecule has 0 fully saturated rings. The number of hydrogen-bond donors (Lipinski definition) is 4. The van der Waals surface area contributed by atoms with Gasteiger partial charge in [-0.15, -0.1) is 0 Å². The Bertz CT molecular complexity index is 2480. The van der Waals surface area contributed by atoms with Crippen LogP contribution >= 0.6 is 0 Å². The highest BCUT2D eigenvalue weighted by atomic mass is 16.6. The van der Waals surface area contributed by atoms with Crippen LogP contribution < -0.4 is 35.7 Å². The lowest BCUT2D eigenvalue weighted by Crippen LogP contribution is -2.51. The average Bonchev–Trinajstić information content (AvgIpc) is 3.85. The number of carbonyl (C=O) groups is 5. The lowest BCUT2D eigenvalue weighted by molar-refractivity contribution is -0.139. The van der Waals surface area contributed by atoms with Crippen LogP contribution in [0.15, 0.2) is 77.1 Å². The molecule has 0 bridgehead atoms. The van der Waals surface area contributed by atoms with E-state index < -0.39 is 47.9 Å². The molecule has 0 aromatic heterocycles. The summed E-state index contributed by atoms with van der Waals surface area (Å²) in [6.45, 7) is 11.9. The number of ketones is 2. The zero-order valence-electron chi connectivity index (χ0n) is 39.2. The van der Waals surface area contributed by atoms with Crippen molar-refractivity contribution in [3.63, 3.8) is 0 Å². The number of carbonyl (C=O) groups excluding carboxylic acids is 5. The van der Waals surface area contributed by atoms with Gasteiger partial charge in [-0.05, 0) is 94.5 Å². The highest BCUT2D eigenvalue weighted by molar-refractivity contribution is 6.41. The van der Waals surface area contributed by atoms with Gasteiger partial charge in [-0.3, -0.25) is 30.0 Å². The predicted octanol–water partition coefficient (Wildman–Crippen LogP) is 6.16. The van der Waals surface area contributed by atoms with Crippen molar-refractivity contribution in [2.24, 2.45) is 16.8 Å². The molecule has 4 aliphatic rings. The summed E-state index contributed by atoms with van der Waals surface area (Å²) in [6.07, 6.45) is 6.35. The molecule has 4 aliphatic heterocycles. The van der Waals surface area contributed by atoms with Crippen LogP contribution in [-0.2, 0) is 27.5 Å².